The molecule has 1 aliphatic rings. The number of para-hydroxylation sites is 1. The topological polar surface area (TPSA) is 38.0 Å². The van der Waals surface area contributed by atoms with Gasteiger partial charge in [0.25, 0.3) is 0 Å². The second-order valence-corrected chi connectivity index (χ2v) is 4.59. The van der Waals surface area contributed by atoms with Crippen molar-refractivity contribution in [2.45, 2.75) is 38.8 Å². The molecule has 0 amide bonds. The molecule has 1 aromatic rings. The molecule has 0 aromatic heterocycles. The third kappa shape index (κ3) is 2.51. The molecule has 1 aromatic carbocycles. The Bertz CT molecular complexity index is 322. The number of nitrogen functional groups attached to an aromatic ring is 1. The number of hydrogen-bond donors (Lipinski definition) is 2. The standard InChI is InChI=1S/C13H20N2/c1-10-5-4-8-13(10)15-9-11-6-2-3-7-12(11)14/h2-3,6-7,10,13,15H,4-5,8-9,14H2,1H3. The SMILES string of the molecule is CC1CCCC1NCc1ccccc1N. The maximum absolute atomic E-state index is 5.90. The van der Waals surface area contributed by atoms with Crippen LogP contribution in [0.3, 0.4) is 0 Å². The van der Waals surface area contributed by atoms with E-state index in [1.54, 1.807) is 0 Å². The summed E-state index contributed by atoms with van der Waals surface area (Å²) >= 11 is 0. The second kappa shape index (κ2) is 4.67. The minimum absolute atomic E-state index is 0.685. The zero-order valence-corrected chi connectivity index (χ0v) is 9.37. The molecular formula is C13H20N2. The van der Waals surface area contributed by atoms with Crippen LogP contribution in [-0.2, 0) is 6.54 Å². The van der Waals surface area contributed by atoms with Crippen molar-refractivity contribution in [3.05, 3.63) is 29.8 Å². The molecule has 0 radical (unpaired) electrons. The minimum atomic E-state index is 0.685. The lowest BCUT2D eigenvalue weighted by molar-refractivity contribution is 0.426. The number of rotatable bonds is 3. The fourth-order valence-corrected chi connectivity index (χ4v) is 2.38. The summed E-state index contributed by atoms with van der Waals surface area (Å²) in [6.07, 6.45) is 4.04. The number of nitrogens with two attached hydrogens (primary N) is 1. The van der Waals surface area contributed by atoms with Crippen LogP contribution in [-0.4, -0.2) is 6.04 Å². The molecule has 0 saturated heterocycles. The Balaban J connectivity index is 1.90. The van der Waals surface area contributed by atoms with Gasteiger partial charge in [-0.3, -0.25) is 0 Å². The zero-order chi connectivity index (χ0) is 10.7. The van der Waals surface area contributed by atoms with Gasteiger partial charge in [0, 0.05) is 18.3 Å². The highest BCUT2D eigenvalue weighted by atomic mass is 14.9. The fourth-order valence-electron chi connectivity index (χ4n) is 2.38. The largest absolute Gasteiger partial charge is 0.398 e. The molecule has 2 atom stereocenters. The van der Waals surface area contributed by atoms with Gasteiger partial charge in [0.1, 0.15) is 0 Å². The number of nitrogens with one attached hydrogen (secondary N) is 1. The van der Waals surface area contributed by atoms with E-state index in [1.807, 2.05) is 18.2 Å². The average Bonchev–Trinajstić information content (AvgIpc) is 2.63. The van der Waals surface area contributed by atoms with Gasteiger partial charge in [-0.15, -0.1) is 0 Å². The Morgan fingerprint density at radius 1 is 1.33 bits per heavy atom. The highest BCUT2D eigenvalue weighted by molar-refractivity contribution is 5.46. The lowest BCUT2D eigenvalue weighted by Gasteiger charge is -2.17. The van der Waals surface area contributed by atoms with Gasteiger partial charge in [0.05, 0.1) is 0 Å². The summed E-state index contributed by atoms with van der Waals surface area (Å²) in [6, 6.07) is 8.78. The number of anilines is 1. The molecule has 2 rings (SSSR count). The van der Waals surface area contributed by atoms with Crippen molar-refractivity contribution in [1.82, 2.24) is 5.32 Å². The molecule has 0 spiro atoms. The summed E-state index contributed by atoms with van der Waals surface area (Å²) in [6.45, 7) is 3.24. The van der Waals surface area contributed by atoms with Gasteiger partial charge in [0.15, 0.2) is 0 Å². The van der Waals surface area contributed by atoms with Crippen LogP contribution >= 0.6 is 0 Å². The molecule has 3 N–H and O–H groups in total. The maximum Gasteiger partial charge on any atom is 0.0359 e. The van der Waals surface area contributed by atoms with Crippen molar-refractivity contribution in [2.24, 2.45) is 5.92 Å². The summed E-state index contributed by atoms with van der Waals surface area (Å²) in [5.41, 5.74) is 8.02. The maximum atomic E-state index is 5.90. The van der Waals surface area contributed by atoms with E-state index in [9.17, 15) is 0 Å². The van der Waals surface area contributed by atoms with Crippen molar-refractivity contribution in [3.8, 4) is 0 Å². The Hall–Kier alpha value is -1.02. The minimum Gasteiger partial charge on any atom is -0.398 e. The molecule has 0 bridgehead atoms. The Morgan fingerprint density at radius 2 is 2.13 bits per heavy atom. The van der Waals surface area contributed by atoms with Gasteiger partial charge in [-0.2, -0.15) is 0 Å². The van der Waals surface area contributed by atoms with E-state index in [0.29, 0.717) is 6.04 Å². The predicted molar refractivity (Wildman–Crippen MR) is 64.5 cm³/mol. The van der Waals surface area contributed by atoms with Crippen molar-refractivity contribution in [2.75, 3.05) is 5.73 Å². The highest BCUT2D eigenvalue weighted by Crippen LogP contribution is 2.25. The Labute approximate surface area is 91.9 Å². The first kappa shape index (κ1) is 10.5. The van der Waals surface area contributed by atoms with Crippen LogP contribution in [0.15, 0.2) is 24.3 Å². The van der Waals surface area contributed by atoms with E-state index < -0.39 is 0 Å². The lowest BCUT2D eigenvalue weighted by atomic mass is 10.1. The van der Waals surface area contributed by atoms with E-state index in [0.717, 1.165) is 18.2 Å². The van der Waals surface area contributed by atoms with E-state index in [2.05, 4.69) is 18.3 Å². The van der Waals surface area contributed by atoms with Crippen LogP contribution in [0.25, 0.3) is 0 Å². The van der Waals surface area contributed by atoms with Crippen LogP contribution < -0.4 is 11.1 Å². The predicted octanol–water partition coefficient (Wildman–Crippen LogP) is 2.55. The quantitative estimate of drug-likeness (QED) is 0.743. The molecule has 1 aliphatic carbocycles. The van der Waals surface area contributed by atoms with E-state index in [1.165, 1.54) is 24.8 Å². The van der Waals surface area contributed by atoms with Gasteiger partial charge in [-0.1, -0.05) is 31.5 Å². The van der Waals surface area contributed by atoms with Crippen molar-refractivity contribution >= 4 is 5.69 Å². The monoisotopic (exact) mass is 204 g/mol. The third-order valence-electron chi connectivity index (χ3n) is 3.47. The van der Waals surface area contributed by atoms with Crippen molar-refractivity contribution < 1.29 is 0 Å². The van der Waals surface area contributed by atoms with Gasteiger partial charge in [-0.25, -0.2) is 0 Å². The third-order valence-corrected chi connectivity index (χ3v) is 3.47. The van der Waals surface area contributed by atoms with Crippen molar-refractivity contribution in [1.29, 1.82) is 0 Å². The van der Waals surface area contributed by atoms with Crippen LogP contribution in [0.4, 0.5) is 5.69 Å². The normalized spacial score (nSPS) is 25.7. The summed E-state index contributed by atoms with van der Waals surface area (Å²) in [4.78, 5) is 0. The smallest absolute Gasteiger partial charge is 0.0359 e. The summed E-state index contributed by atoms with van der Waals surface area (Å²) in [7, 11) is 0. The molecule has 15 heavy (non-hydrogen) atoms. The lowest BCUT2D eigenvalue weighted by Crippen LogP contribution is -2.30. The number of hydrogen-bond acceptors (Lipinski definition) is 2. The first-order valence-corrected chi connectivity index (χ1v) is 5.84. The fraction of sp³-hybridized carbons (Fsp3) is 0.538. The zero-order valence-electron chi connectivity index (χ0n) is 9.37. The molecule has 2 heteroatoms. The molecule has 1 fully saturated rings. The molecule has 2 nitrogen and oxygen atoms in total. The molecular weight excluding hydrogens is 184 g/mol. The number of benzene rings is 1. The molecule has 0 heterocycles. The molecule has 2 unspecified atom stereocenters. The molecule has 82 valence electrons. The van der Waals surface area contributed by atoms with Crippen LogP contribution in [0.1, 0.15) is 31.7 Å². The van der Waals surface area contributed by atoms with E-state index in [4.69, 9.17) is 5.73 Å². The van der Waals surface area contributed by atoms with Gasteiger partial charge >= 0.3 is 0 Å². The molecule has 1 saturated carbocycles. The summed E-state index contributed by atoms with van der Waals surface area (Å²) < 4.78 is 0. The van der Waals surface area contributed by atoms with E-state index >= 15 is 0 Å². The Kier molecular flexibility index (Phi) is 3.27. The van der Waals surface area contributed by atoms with Crippen molar-refractivity contribution in [3.63, 3.8) is 0 Å². The Morgan fingerprint density at radius 3 is 2.80 bits per heavy atom. The summed E-state index contributed by atoms with van der Waals surface area (Å²) in [5, 5.41) is 3.61. The van der Waals surface area contributed by atoms with Gasteiger partial charge in [0.2, 0.25) is 0 Å². The van der Waals surface area contributed by atoms with Crippen LogP contribution in [0, 0.1) is 5.92 Å². The van der Waals surface area contributed by atoms with Gasteiger partial charge in [-0.05, 0) is 30.4 Å². The average molecular weight is 204 g/mol. The van der Waals surface area contributed by atoms with Gasteiger partial charge < -0.3 is 11.1 Å². The first-order chi connectivity index (χ1) is 7.27. The highest BCUT2D eigenvalue weighted by Gasteiger charge is 2.22. The van der Waals surface area contributed by atoms with Crippen LogP contribution in [0.2, 0.25) is 0 Å². The van der Waals surface area contributed by atoms with Crippen LogP contribution in [0.5, 0.6) is 0 Å². The second-order valence-electron chi connectivity index (χ2n) is 4.59. The first-order valence-electron chi connectivity index (χ1n) is 5.84. The summed E-state index contributed by atoms with van der Waals surface area (Å²) in [5.74, 6) is 0.815. The molecule has 0 aliphatic heterocycles. The van der Waals surface area contributed by atoms with E-state index in [-0.39, 0.29) is 0 Å².